The summed E-state index contributed by atoms with van der Waals surface area (Å²) in [4.78, 5) is 0. The molecule has 2 unspecified atom stereocenters. The quantitative estimate of drug-likeness (QED) is 0.812. The van der Waals surface area contributed by atoms with Gasteiger partial charge in [0.05, 0.1) is 13.7 Å². The Labute approximate surface area is 108 Å². The molecule has 1 N–H and O–H groups in total. The molecule has 0 spiro atoms. The number of benzene rings is 1. The van der Waals surface area contributed by atoms with Crippen molar-refractivity contribution in [2.24, 2.45) is 0 Å². The fourth-order valence-corrected chi connectivity index (χ4v) is 1.88. The maximum Gasteiger partial charge on any atom is 0.165 e. The van der Waals surface area contributed by atoms with E-state index in [0.717, 1.165) is 12.0 Å². The molecule has 2 atom stereocenters. The van der Waals surface area contributed by atoms with Crippen LogP contribution in [0.4, 0.5) is 4.39 Å². The Bertz CT molecular complexity index is 371. The van der Waals surface area contributed by atoms with Gasteiger partial charge in [0.1, 0.15) is 0 Å². The van der Waals surface area contributed by atoms with E-state index in [0.29, 0.717) is 12.6 Å². The Balaban J connectivity index is 2.74. The summed E-state index contributed by atoms with van der Waals surface area (Å²) < 4.78 is 23.5. The highest BCUT2D eigenvalue weighted by Crippen LogP contribution is 2.22. The number of hydrogen-bond donors (Lipinski definition) is 1. The average Bonchev–Trinajstić information content (AvgIpc) is 2.38. The molecule has 0 aliphatic rings. The highest BCUT2D eigenvalue weighted by atomic mass is 19.1. The molecule has 1 rings (SSSR count). The van der Waals surface area contributed by atoms with Crippen LogP contribution < -0.4 is 10.1 Å². The van der Waals surface area contributed by atoms with E-state index in [1.54, 1.807) is 19.2 Å². The Kier molecular flexibility index (Phi) is 6.09. The van der Waals surface area contributed by atoms with Crippen LogP contribution in [-0.2, 0) is 4.74 Å². The second-order valence-electron chi connectivity index (χ2n) is 4.34. The van der Waals surface area contributed by atoms with Gasteiger partial charge in [0, 0.05) is 19.2 Å². The van der Waals surface area contributed by atoms with E-state index in [9.17, 15) is 4.39 Å². The summed E-state index contributed by atoms with van der Waals surface area (Å²) in [6, 6.07) is 5.35. The maximum atomic E-state index is 13.3. The van der Waals surface area contributed by atoms with Gasteiger partial charge in [-0.05, 0) is 31.0 Å². The predicted octanol–water partition coefficient (Wildman–Crippen LogP) is 2.91. The normalized spacial score (nSPS) is 14.3. The molecule has 0 amide bonds. The smallest absolute Gasteiger partial charge is 0.165 e. The standard InChI is InChI=1S/C14H22FNO2/c1-5-12(9-17-3)16-10(2)11-6-7-13(15)14(8-11)18-4/h6-8,10,12,16H,5,9H2,1-4H3. The first kappa shape index (κ1) is 14.9. The van der Waals surface area contributed by atoms with Crippen molar-refractivity contribution in [2.75, 3.05) is 20.8 Å². The lowest BCUT2D eigenvalue weighted by Crippen LogP contribution is -2.34. The van der Waals surface area contributed by atoms with Crippen molar-refractivity contribution in [1.82, 2.24) is 5.32 Å². The number of rotatable bonds is 7. The summed E-state index contributed by atoms with van der Waals surface area (Å²) in [6.07, 6.45) is 0.983. The largest absolute Gasteiger partial charge is 0.494 e. The van der Waals surface area contributed by atoms with Crippen molar-refractivity contribution >= 4 is 0 Å². The maximum absolute atomic E-state index is 13.3. The van der Waals surface area contributed by atoms with Crippen molar-refractivity contribution in [3.63, 3.8) is 0 Å². The van der Waals surface area contributed by atoms with Crippen LogP contribution >= 0.6 is 0 Å². The van der Waals surface area contributed by atoms with Gasteiger partial charge >= 0.3 is 0 Å². The summed E-state index contributed by atoms with van der Waals surface area (Å²) in [7, 11) is 3.16. The van der Waals surface area contributed by atoms with E-state index in [4.69, 9.17) is 9.47 Å². The van der Waals surface area contributed by atoms with Crippen LogP contribution in [0.3, 0.4) is 0 Å². The first-order valence-corrected chi connectivity index (χ1v) is 6.20. The van der Waals surface area contributed by atoms with Gasteiger partial charge in [-0.15, -0.1) is 0 Å². The van der Waals surface area contributed by atoms with Gasteiger partial charge in [-0.3, -0.25) is 0 Å². The molecule has 0 aliphatic carbocycles. The molecular formula is C14H22FNO2. The van der Waals surface area contributed by atoms with Gasteiger partial charge in [-0.25, -0.2) is 4.39 Å². The van der Waals surface area contributed by atoms with Crippen LogP contribution in [0.5, 0.6) is 5.75 Å². The Morgan fingerprint density at radius 2 is 2.06 bits per heavy atom. The Hall–Kier alpha value is -1.13. The minimum atomic E-state index is -0.336. The Morgan fingerprint density at radius 3 is 2.61 bits per heavy atom. The highest BCUT2D eigenvalue weighted by molar-refractivity contribution is 5.31. The first-order chi connectivity index (χ1) is 8.62. The fraction of sp³-hybridized carbons (Fsp3) is 0.571. The van der Waals surface area contributed by atoms with Gasteiger partial charge in [-0.2, -0.15) is 0 Å². The van der Waals surface area contributed by atoms with Crippen molar-refractivity contribution in [3.8, 4) is 5.75 Å². The zero-order chi connectivity index (χ0) is 13.5. The summed E-state index contributed by atoms with van der Waals surface area (Å²) in [5.41, 5.74) is 1.00. The number of methoxy groups -OCH3 is 2. The molecule has 102 valence electrons. The van der Waals surface area contributed by atoms with Crippen molar-refractivity contribution in [1.29, 1.82) is 0 Å². The summed E-state index contributed by atoms with van der Waals surface area (Å²) >= 11 is 0. The van der Waals surface area contributed by atoms with Crippen LogP contribution in [0.2, 0.25) is 0 Å². The third-order valence-electron chi connectivity index (χ3n) is 3.02. The zero-order valence-electron chi connectivity index (χ0n) is 11.5. The molecule has 0 bridgehead atoms. The van der Waals surface area contributed by atoms with Crippen LogP contribution in [0.15, 0.2) is 18.2 Å². The lowest BCUT2D eigenvalue weighted by Gasteiger charge is -2.22. The van der Waals surface area contributed by atoms with Crippen LogP contribution in [0, 0.1) is 5.82 Å². The molecule has 0 radical (unpaired) electrons. The molecule has 0 heterocycles. The highest BCUT2D eigenvalue weighted by Gasteiger charge is 2.13. The minimum absolute atomic E-state index is 0.125. The van der Waals surface area contributed by atoms with Gasteiger partial charge in [-0.1, -0.05) is 13.0 Å². The third-order valence-corrected chi connectivity index (χ3v) is 3.02. The van der Waals surface area contributed by atoms with Crippen LogP contribution in [0.25, 0.3) is 0 Å². The second kappa shape index (κ2) is 7.34. The average molecular weight is 255 g/mol. The molecule has 4 heteroatoms. The lowest BCUT2D eigenvalue weighted by molar-refractivity contribution is 0.159. The molecule has 3 nitrogen and oxygen atoms in total. The van der Waals surface area contributed by atoms with E-state index in [1.165, 1.54) is 13.2 Å². The predicted molar refractivity (Wildman–Crippen MR) is 70.5 cm³/mol. The zero-order valence-corrected chi connectivity index (χ0v) is 11.5. The molecule has 1 aromatic rings. The summed E-state index contributed by atoms with van der Waals surface area (Å²) in [5.74, 6) is -0.0571. The minimum Gasteiger partial charge on any atom is -0.494 e. The number of hydrogen-bond acceptors (Lipinski definition) is 3. The Morgan fingerprint density at radius 1 is 1.33 bits per heavy atom. The number of nitrogens with one attached hydrogen (secondary N) is 1. The van der Waals surface area contributed by atoms with E-state index in [1.807, 2.05) is 6.92 Å². The van der Waals surface area contributed by atoms with Crippen molar-refractivity contribution in [2.45, 2.75) is 32.4 Å². The van der Waals surface area contributed by atoms with Crippen LogP contribution in [-0.4, -0.2) is 26.9 Å². The van der Waals surface area contributed by atoms with E-state index in [2.05, 4.69) is 12.2 Å². The van der Waals surface area contributed by atoms with Crippen LogP contribution in [0.1, 0.15) is 31.9 Å². The van der Waals surface area contributed by atoms with Gasteiger partial charge in [0.2, 0.25) is 0 Å². The molecule has 0 aliphatic heterocycles. The third kappa shape index (κ3) is 3.96. The van der Waals surface area contributed by atoms with E-state index < -0.39 is 0 Å². The molecular weight excluding hydrogens is 233 g/mol. The van der Waals surface area contributed by atoms with Gasteiger partial charge in [0.25, 0.3) is 0 Å². The molecule has 0 fully saturated rings. The fourth-order valence-electron chi connectivity index (χ4n) is 1.88. The first-order valence-electron chi connectivity index (χ1n) is 6.20. The molecule has 0 saturated carbocycles. The molecule has 1 aromatic carbocycles. The molecule has 18 heavy (non-hydrogen) atoms. The second-order valence-corrected chi connectivity index (χ2v) is 4.34. The SMILES string of the molecule is CCC(COC)NC(C)c1ccc(F)c(OC)c1. The van der Waals surface area contributed by atoms with Crippen molar-refractivity contribution in [3.05, 3.63) is 29.6 Å². The summed E-state index contributed by atoms with van der Waals surface area (Å²) in [5, 5.41) is 3.45. The van der Waals surface area contributed by atoms with Gasteiger partial charge in [0.15, 0.2) is 11.6 Å². The van der Waals surface area contributed by atoms with Crippen molar-refractivity contribution < 1.29 is 13.9 Å². The van der Waals surface area contributed by atoms with E-state index >= 15 is 0 Å². The summed E-state index contributed by atoms with van der Waals surface area (Å²) in [6.45, 7) is 4.82. The molecule has 0 aromatic heterocycles. The van der Waals surface area contributed by atoms with E-state index in [-0.39, 0.29) is 17.6 Å². The topological polar surface area (TPSA) is 30.5 Å². The van der Waals surface area contributed by atoms with Gasteiger partial charge < -0.3 is 14.8 Å². The monoisotopic (exact) mass is 255 g/mol. The number of halogens is 1. The number of ether oxygens (including phenoxy) is 2. The lowest BCUT2D eigenvalue weighted by atomic mass is 10.1. The molecule has 0 saturated heterocycles.